The van der Waals surface area contributed by atoms with Gasteiger partial charge in [0.15, 0.2) is 11.5 Å². The minimum atomic E-state index is -0.425. The molecule has 85 heavy (non-hydrogen) atoms. The van der Waals surface area contributed by atoms with Crippen molar-refractivity contribution in [3.8, 4) is 68.5 Å². The van der Waals surface area contributed by atoms with E-state index in [1.54, 1.807) is 0 Å². The van der Waals surface area contributed by atoms with E-state index in [0.29, 0.717) is 11.5 Å². The molecule has 434 valence electrons. The SMILES string of the molecule is CC(C)(C)c1ccc(Oc2c(Cl)c(Cl)c3c(c2Cl)-c2nc-3nc3[n-]c(nc4nc(nc5[n-]c(n2)c2c(Cl)c(Cl)c(Oc6ccc(C(C)(C)C)cc6C(C)(C)C)c(Cl)c52)-c2c(Cl)c(Cl)c(Cl)c(Cl)c2-4)c2c(Cl)c(Cl)c(Cl)c(Cl)c32)c(C(C)(C)C)c1.[Zn+2]. The van der Waals surface area contributed by atoms with Gasteiger partial charge in [0.2, 0.25) is 0 Å². The molecule has 25 heteroatoms. The molecular formula is C60H42Cl14N8O2Zn. The summed E-state index contributed by atoms with van der Waals surface area (Å²) in [6.45, 7) is 25.2. The number of hydrogen-bond donors (Lipinski definition) is 0. The van der Waals surface area contributed by atoms with Crippen LogP contribution >= 0.6 is 162 Å². The molecule has 3 aromatic heterocycles. The van der Waals surface area contributed by atoms with Gasteiger partial charge in [-0.05, 0) is 44.9 Å². The van der Waals surface area contributed by atoms with E-state index in [1.165, 1.54) is 0 Å². The van der Waals surface area contributed by atoms with Crippen LogP contribution in [0.2, 0.25) is 70.3 Å². The van der Waals surface area contributed by atoms with E-state index in [2.05, 4.69) is 95.2 Å². The maximum atomic E-state index is 7.62. The third-order valence-electron chi connectivity index (χ3n) is 14.3. The van der Waals surface area contributed by atoms with Gasteiger partial charge in [-0.3, -0.25) is 0 Å². The van der Waals surface area contributed by atoms with E-state index < -0.39 is 10.8 Å². The van der Waals surface area contributed by atoms with Gasteiger partial charge in [-0.25, -0.2) is 9.97 Å². The fourth-order valence-electron chi connectivity index (χ4n) is 9.86. The quantitative estimate of drug-likeness (QED) is 0.0956. The second kappa shape index (κ2) is 22.7. The Hall–Kier alpha value is -3.04. The molecule has 0 unspecified atom stereocenters. The van der Waals surface area contributed by atoms with Crippen molar-refractivity contribution in [3.63, 3.8) is 0 Å². The molecule has 0 saturated heterocycles. The third kappa shape index (κ3) is 10.9. The first-order chi connectivity index (χ1) is 39.0. The molecule has 0 radical (unpaired) electrons. The number of halogens is 14. The fourth-order valence-corrected chi connectivity index (χ4v) is 13.6. The molecule has 10 nitrogen and oxygen atoms in total. The summed E-state index contributed by atoms with van der Waals surface area (Å²) in [7, 11) is 0. The Morgan fingerprint density at radius 2 is 0.576 bits per heavy atom. The van der Waals surface area contributed by atoms with Gasteiger partial charge in [0.1, 0.15) is 21.5 Å². The molecule has 0 N–H and O–H groups in total. The summed E-state index contributed by atoms with van der Waals surface area (Å²) >= 11 is 100. The number of benzene rings is 6. The van der Waals surface area contributed by atoms with Crippen molar-refractivity contribution >= 4 is 207 Å². The molecule has 0 aliphatic carbocycles. The third-order valence-corrected chi connectivity index (χ3v) is 20.3. The van der Waals surface area contributed by atoms with Crippen molar-refractivity contribution in [2.24, 2.45) is 0 Å². The Bertz CT molecular complexity index is 4620. The van der Waals surface area contributed by atoms with Gasteiger partial charge in [-0.1, -0.05) is 270 Å². The van der Waals surface area contributed by atoms with Crippen molar-refractivity contribution < 1.29 is 29.0 Å². The molecular weight excluding hydrogens is 1430 g/mol. The van der Waals surface area contributed by atoms with Crippen LogP contribution in [-0.2, 0) is 41.1 Å². The molecule has 0 amide bonds. The van der Waals surface area contributed by atoms with Gasteiger partial charge in [0.05, 0.1) is 83.6 Å². The summed E-state index contributed by atoms with van der Waals surface area (Å²) in [5, 5.41) is -0.876. The van der Waals surface area contributed by atoms with E-state index in [0.717, 1.165) is 22.3 Å². The van der Waals surface area contributed by atoms with Gasteiger partial charge < -0.3 is 39.4 Å². The zero-order valence-corrected chi connectivity index (χ0v) is 60.4. The van der Waals surface area contributed by atoms with Gasteiger partial charge in [-0.15, -0.1) is 0 Å². The predicted octanol–water partition coefficient (Wildman–Crippen LogP) is 24.0. The Labute approximate surface area is 571 Å². The maximum Gasteiger partial charge on any atom is 2.00 e. The molecule has 0 atom stereocenters. The Morgan fingerprint density at radius 3 is 0.906 bits per heavy atom. The zero-order valence-electron chi connectivity index (χ0n) is 46.9. The monoisotopic (exact) mass is 1460 g/mol. The minimum Gasteiger partial charge on any atom is -0.454 e. The first-order valence-electron chi connectivity index (χ1n) is 25.5. The molecule has 2 aliphatic rings. The summed E-state index contributed by atoms with van der Waals surface area (Å²) in [5.74, 6) is 0.398. The van der Waals surface area contributed by atoms with E-state index in [1.807, 2.05) is 24.3 Å². The molecule has 5 heterocycles. The van der Waals surface area contributed by atoms with Crippen LogP contribution in [-0.4, -0.2) is 29.9 Å². The van der Waals surface area contributed by atoms with E-state index in [4.69, 9.17) is 212 Å². The van der Waals surface area contributed by atoms with Crippen LogP contribution in [0.25, 0.3) is 89.7 Å². The molecule has 2 aliphatic heterocycles. The van der Waals surface area contributed by atoms with Crippen LogP contribution in [0.1, 0.15) is 105 Å². The Morgan fingerprint density at radius 1 is 0.306 bits per heavy atom. The summed E-state index contributed by atoms with van der Waals surface area (Å²) in [6.07, 6.45) is 0. The number of aromatic nitrogens is 8. The first-order valence-corrected chi connectivity index (χ1v) is 30.8. The average Bonchev–Trinajstić information content (AvgIpc) is 1.72. The van der Waals surface area contributed by atoms with Crippen LogP contribution in [0, 0.1) is 0 Å². The average molecular weight is 1470 g/mol. The number of rotatable bonds is 4. The standard InChI is InChI=1S/C60H42Cl14N8O2.Zn/c1-57(2,3)19-13-15-23(21(17-19)59(7,8)9)83-47-39(67)31-29(37(65)45(47)73)53-78-51-26-25(33(61)41(69)42(70)34(26)62)49(76-51)75-50-27-28(36(64)44(72)43(71)35(27)63)52(77-50)79-55-32-30(54(81-55)82-56(31)80-53)38(66)46(74)48(40(32)68)84-24-16-14-20(58(4,5)6)18-22(24)60(10,11)12;/h13-18H,1-12H3;/q-2;+2. The normalized spacial score (nSPS) is 12.7. The second-order valence-corrected chi connectivity index (χ2v) is 29.5. The van der Waals surface area contributed by atoms with Gasteiger partial charge in [0, 0.05) is 77.5 Å². The van der Waals surface area contributed by atoms with E-state index in [9.17, 15) is 0 Å². The van der Waals surface area contributed by atoms with Crippen molar-refractivity contribution in [1.82, 2.24) is 39.9 Å². The summed E-state index contributed by atoms with van der Waals surface area (Å²) in [5.41, 5.74) is 2.58. The smallest absolute Gasteiger partial charge is 0.454 e. The molecule has 11 rings (SSSR count). The van der Waals surface area contributed by atoms with Gasteiger partial charge >= 0.3 is 19.5 Å². The Kier molecular flexibility index (Phi) is 17.4. The van der Waals surface area contributed by atoms with E-state index in [-0.39, 0.29) is 202 Å². The number of nitrogens with zero attached hydrogens (tertiary/aromatic N) is 8. The van der Waals surface area contributed by atoms with Crippen molar-refractivity contribution in [1.29, 1.82) is 0 Å². The topological polar surface area (TPSA) is 124 Å². The molecule has 8 bridgehead atoms. The molecule has 9 aromatic rings. The summed E-state index contributed by atoms with van der Waals surface area (Å²) < 4.78 is 13.6. The molecule has 0 fully saturated rings. The predicted molar refractivity (Wildman–Crippen MR) is 352 cm³/mol. The summed E-state index contributed by atoms with van der Waals surface area (Å²) in [4.78, 5) is 39.9. The zero-order chi connectivity index (χ0) is 61.3. The second-order valence-electron chi connectivity index (χ2n) is 24.2. The van der Waals surface area contributed by atoms with Crippen molar-refractivity contribution in [2.75, 3.05) is 0 Å². The number of ether oxygens (including phenoxy) is 2. The van der Waals surface area contributed by atoms with Crippen LogP contribution in [0.15, 0.2) is 36.4 Å². The number of fused-ring (bicyclic) bond motifs is 20. The van der Waals surface area contributed by atoms with Crippen LogP contribution < -0.4 is 19.4 Å². The minimum absolute atomic E-state index is 0. The van der Waals surface area contributed by atoms with E-state index >= 15 is 0 Å². The van der Waals surface area contributed by atoms with Crippen molar-refractivity contribution in [2.45, 2.75) is 105 Å². The van der Waals surface area contributed by atoms with Gasteiger partial charge in [-0.2, -0.15) is 0 Å². The van der Waals surface area contributed by atoms with Crippen molar-refractivity contribution in [3.05, 3.63) is 129 Å². The fraction of sp³-hybridized carbons (Fsp3) is 0.267. The number of hydrogen-bond acceptors (Lipinski definition) is 8. The van der Waals surface area contributed by atoms with Gasteiger partial charge in [0.25, 0.3) is 0 Å². The molecule has 0 spiro atoms. The van der Waals surface area contributed by atoms with Crippen LogP contribution in [0.4, 0.5) is 0 Å². The molecule has 0 saturated carbocycles. The first kappa shape index (κ1) is 64.9. The summed E-state index contributed by atoms with van der Waals surface area (Å²) in [6, 6.07) is 11.9. The largest absolute Gasteiger partial charge is 2.00 e. The van der Waals surface area contributed by atoms with Crippen LogP contribution in [0.5, 0.6) is 23.0 Å². The molecule has 6 aromatic carbocycles. The Balaban J connectivity index is 0.00000803. The maximum absolute atomic E-state index is 7.62. The van der Waals surface area contributed by atoms with Crippen LogP contribution in [0.3, 0.4) is 0 Å².